The molecule has 2 aromatic rings. The maximum absolute atomic E-state index is 12.2. The second kappa shape index (κ2) is 5.21. The Balaban J connectivity index is 1.87. The van der Waals surface area contributed by atoms with E-state index in [0.717, 1.165) is 12.8 Å². The van der Waals surface area contributed by atoms with Crippen LogP contribution >= 0.6 is 0 Å². The lowest BCUT2D eigenvalue weighted by Crippen LogP contribution is -2.27. The van der Waals surface area contributed by atoms with E-state index in [2.05, 4.69) is 20.0 Å². The lowest BCUT2D eigenvalue weighted by Gasteiger charge is -2.11. The van der Waals surface area contributed by atoms with E-state index in [9.17, 15) is 13.2 Å². The minimum atomic E-state index is -3.79. The summed E-state index contributed by atoms with van der Waals surface area (Å²) in [5.74, 6) is -0.277. The number of aromatic nitrogens is 2. The number of sulfonamides is 1. The first-order chi connectivity index (χ1) is 10.1. The van der Waals surface area contributed by atoms with E-state index in [1.165, 1.54) is 12.5 Å². The number of benzene rings is 1. The Kier molecular flexibility index (Phi) is 3.38. The molecule has 1 aliphatic rings. The molecule has 1 heterocycles. The molecule has 1 aromatic carbocycles. The van der Waals surface area contributed by atoms with Crippen molar-refractivity contribution in [2.75, 3.05) is 4.72 Å². The van der Waals surface area contributed by atoms with E-state index < -0.39 is 10.0 Å². The number of H-pyrrole nitrogens is 1. The Morgan fingerprint density at radius 1 is 1.29 bits per heavy atom. The summed E-state index contributed by atoms with van der Waals surface area (Å²) in [7, 11) is -3.79. The zero-order valence-corrected chi connectivity index (χ0v) is 11.9. The van der Waals surface area contributed by atoms with Crippen LogP contribution in [0.3, 0.4) is 0 Å². The van der Waals surface area contributed by atoms with Crippen LogP contribution in [0, 0.1) is 0 Å². The van der Waals surface area contributed by atoms with Crippen LogP contribution in [0.2, 0.25) is 0 Å². The van der Waals surface area contributed by atoms with E-state index in [0.29, 0.717) is 5.56 Å². The molecule has 7 nitrogen and oxygen atoms in total. The third-order valence-corrected chi connectivity index (χ3v) is 4.38. The molecule has 0 spiro atoms. The quantitative estimate of drug-likeness (QED) is 0.769. The normalized spacial score (nSPS) is 14.7. The molecule has 21 heavy (non-hydrogen) atoms. The van der Waals surface area contributed by atoms with Gasteiger partial charge in [0, 0.05) is 6.04 Å². The van der Waals surface area contributed by atoms with E-state index in [-0.39, 0.29) is 22.7 Å². The SMILES string of the molecule is O=C(NC1CC1)c1ccccc1NS(=O)(=O)c1cnc[nH]1. The Morgan fingerprint density at radius 2 is 2.05 bits per heavy atom. The Bertz CT molecular complexity index is 751. The number of anilines is 1. The van der Waals surface area contributed by atoms with Gasteiger partial charge in [-0.15, -0.1) is 0 Å². The minimum absolute atomic E-state index is 0.0556. The van der Waals surface area contributed by atoms with Crippen molar-refractivity contribution in [1.82, 2.24) is 15.3 Å². The average molecular weight is 306 g/mol. The van der Waals surface area contributed by atoms with Crippen molar-refractivity contribution in [2.24, 2.45) is 0 Å². The molecular formula is C13H14N4O3S. The van der Waals surface area contributed by atoms with Gasteiger partial charge in [-0.2, -0.15) is 8.42 Å². The summed E-state index contributed by atoms with van der Waals surface area (Å²) in [6.07, 6.45) is 4.41. The first-order valence-corrected chi connectivity index (χ1v) is 7.96. The first-order valence-electron chi connectivity index (χ1n) is 6.47. The largest absolute Gasteiger partial charge is 0.349 e. The summed E-state index contributed by atoms with van der Waals surface area (Å²) < 4.78 is 26.7. The summed E-state index contributed by atoms with van der Waals surface area (Å²) in [6.45, 7) is 0. The molecule has 1 amide bonds. The third kappa shape index (κ3) is 3.05. The van der Waals surface area contributed by atoms with Gasteiger partial charge in [0.2, 0.25) is 0 Å². The summed E-state index contributed by atoms with van der Waals surface area (Å²) in [6, 6.07) is 6.70. The molecule has 8 heteroatoms. The zero-order chi connectivity index (χ0) is 14.9. The van der Waals surface area contributed by atoms with Crippen LogP contribution in [-0.2, 0) is 10.0 Å². The molecular weight excluding hydrogens is 292 g/mol. The molecule has 1 aliphatic carbocycles. The number of carbonyl (C=O) groups excluding carboxylic acids is 1. The fourth-order valence-electron chi connectivity index (χ4n) is 1.85. The molecule has 0 saturated heterocycles. The van der Waals surface area contributed by atoms with E-state index in [4.69, 9.17) is 0 Å². The monoisotopic (exact) mass is 306 g/mol. The Morgan fingerprint density at radius 3 is 2.71 bits per heavy atom. The number of nitrogens with zero attached hydrogens (tertiary/aromatic N) is 1. The van der Waals surface area contributed by atoms with Crippen molar-refractivity contribution in [2.45, 2.75) is 23.9 Å². The van der Waals surface area contributed by atoms with Gasteiger partial charge in [0.1, 0.15) is 0 Å². The van der Waals surface area contributed by atoms with Crippen molar-refractivity contribution >= 4 is 21.6 Å². The van der Waals surface area contributed by atoms with Gasteiger partial charge in [0.25, 0.3) is 15.9 Å². The number of para-hydroxylation sites is 1. The number of aromatic amines is 1. The molecule has 3 N–H and O–H groups in total. The van der Waals surface area contributed by atoms with Gasteiger partial charge in [-0.05, 0) is 25.0 Å². The summed E-state index contributed by atoms with van der Waals surface area (Å²) in [5, 5.41) is 2.78. The van der Waals surface area contributed by atoms with Gasteiger partial charge < -0.3 is 10.3 Å². The topological polar surface area (TPSA) is 104 Å². The molecule has 3 rings (SSSR count). The van der Waals surface area contributed by atoms with Crippen LogP contribution in [0.5, 0.6) is 0 Å². The maximum Gasteiger partial charge on any atom is 0.278 e. The smallest absolute Gasteiger partial charge is 0.278 e. The number of rotatable bonds is 5. The summed E-state index contributed by atoms with van der Waals surface area (Å²) in [5.41, 5.74) is 0.540. The molecule has 1 saturated carbocycles. The molecule has 1 aromatic heterocycles. The zero-order valence-electron chi connectivity index (χ0n) is 11.0. The molecule has 1 fully saturated rings. The van der Waals surface area contributed by atoms with E-state index in [1.807, 2.05) is 0 Å². The second-order valence-corrected chi connectivity index (χ2v) is 6.47. The molecule has 110 valence electrons. The maximum atomic E-state index is 12.2. The average Bonchev–Trinajstić information content (AvgIpc) is 3.07. The van der Waals surface area contributed by atoms with Crippen LogP contribution in [0.25, 0.3) is 0 Å². The Hall–Kier alpha value is -2.35. The number of nitrogens with one attached hydrogen (secondary N) is 3. The summed E-state index contributed by atoms with van der Waals surface area (Å²) >= 11 is 0. The fraction of sp³-hybridized carbons (Fsp3) is 0.231. The minimum Gasteiger partial charge on any atom is -0.349 e. The predicted molar refractivity (Wildman–Crippen MR) is 76.3 cm³/mol. The molecule has 0 atom stereocenters. The van der Waals surface area contributed by atoms with Crippen LogP contribution in [-0.4, -0.2) is 30.3 Å². The molecule has 0 unspecified atom stereocenters. The van der Waals surface area contributed by atoms with Crippen molar-refractivity contribution in [3.05, 3.63) is 42.4 Å². The van der Waals surface area contributed by atoms with Gasteiger partial charge in [0.15, 0.2) is 5.03 Å². The molecule has 0 radical (unpaired) electrons. The highest BCUT2D eigenvalue weighted by atomic mass is 32.2. The number of hydrogen-bond donors (Lipinski definition) is 3. The number of imidazole rings is 1. The van der Waals surface area contributed by atoms with Crippen molar-refractivity contribution in [3.63, 3.8) is 0 Å². The lowest BCUT2D eigenvalue weighted by atomic mass is 10.1. The molecule has 0 aliphatic heterocycles. The van der Waals surface area contributed by atoms with Crippen LogP contribution in [0.4, 0.5) is 5.69 Å². The number of hydrogen-bond acceptors (Lipinski definition) is 4. The van der Waals surface area contributed by atoms with Gasteiger partial charge >= 0.3 is 0 Å². The Labute approximate surface area is 121 Å². The van der Waals surface area contributed by atoms with Crippen molar-refractivity contribution < 1.29 is 13.2 Å². The fourth-order valence-corrected chi connectivity index (χ4v) is 2.84. The van der Waals surface area contributed by atoms with E-state index in [1.54, 1.807) is 24.3 Å². The number of amides is 1. The van der Waals surface area contributed by atoms with E-state index >= 15 is 0 Å². The highest BCUT2D eigenvalue weighted by molar-refractivity contribution is 7.92. The van der Waals surface area contributed by atoms with Crippen LogP contribution in [0.15, 0.2) is 41.8 Å². The van der Waals surface area contributed by atoms with Gasteiger partial charge in [0.05, 0.1) is 23.8 Å². The number of carbonyl (C=O) groups is 1. The lowest BCUT2D eigenvalue weighted by molar-refractivity contribution is 0.0952. The predicted octanol–water partition coefficient (Wildman–Crippen LogP) is 1.10. The van der Waals surface area contributed by atoms with Crippen LogP contribution in [0.1, 0.15) is 23.2 Å². The highest BCUT2D eigenvalue weighted by Crippen LogP contribution is 2.22. The van der Waals surface area contributed by atoms with Crippen molar-refractivity contribution in [1.29, 1.82) is 0 Å². The van der Waals surface area contributed by atoms with Crippen molar-refractivity contribution in [3.8, 4) is 0 Å². The van der Waals surface area contributed by atoms with Gasteiger partial charge in [-0.1, -0.05) is 12.1 Å². The summed E-state index contributed by atoms with van der Waals surface area (Å²) in [4.78, 5) is 18.3. The third-order valence-electron chi connectivity index (χ3n) is 3.09. The van der Waals surface area contributed by atoms with Gasteiger partial charge in [-0.25, -0.2) is 4.98 Å². The van der Waals surface area contributed by atoms with Crippen LogP contribution < -0.4 is 10.0 Å². The highest BCUT2D eigenvalue weighted by Gasteiger charge is 2.25. The molecule has 0 bridgehead atoms. The van der Waals surface area contributed by atoms with Gasteiger partial charge in [-0.3, -0.25) is 9.52 Å². The first kappa shape index (κ1) is 13.6. The standard InChI is InChI=1S/C13H14N4O3S/c18-13(16-9-5-6-9)10-3-1-2-4-11(10)17-21(19,20)12-7-14-8-15-12/h1-4,7-9,17H,5-6H2,(H,14,15)(H,16,18). The second-order valence-electron chi connectivity index (χ2n) is 4.81.